The lowest BCUT2D eigenvalue weighted by molar-refractivity contribution is -0.384. The van der Waals surface area contributed by atoms with Gasteiger partial charge in [0, 0.05) is 23.6 Å². The molecule has 1 heterocycles. The molecule has 4 aliphatic rings. The van der Waals surface area contributed by atoms with Crippen LogP contribution in [0.25, 0.3) is 5.57 Å². The van der Waals surface area contributed by atoms with Crippen molar-refractivity contribution in [3.8, 4) is 0 Å². The van der Waals surface area contributed by atoms with Gasteiger partial charge < -0.3 is 14.2 Å². The molecular formula is C40H43NO6. The molecule has 3 aromatic carbocycles. The predicted octanol–water partition coefficient (Wildman–Crippen LogP) is 9.68. The quantitative estimate of drug-likeness (QED) is 0.139. The van der Waals surface area contributed by atoms with E-state index in [1.54, 1.807) is 0 Å². The molecule has 0 spiro atoms. The third-order valence-corrected chi connectivity index (χ3v) is 10.7. The van der Waals surface area contributed by atoms with Crippen LogP contribution in [0.5, 0.6) is 0 Å². The average molecular weight is 634 g/mol. The summed E-state index contributed by atoms with van der Waals surface area (Å²) in [6.07, 6.45) is 14.8. The summed E-state index contributed by atoms with van der Waals surface area (Å²) in [4.78, 5) is 24.4. The summed E-state index contributed by atoms with van der Waals surface area (Å²) in [6.45, 7) is 0. The summed E-state index contributed by atoms with van der Waals surface area (Å²) < 4.78 is 20.8. The van der Waals surface area contributed by atoms with Gasteiger partial charge in [-0.1, -0.05) is 99.2 Å². The molecule has 0 aromatic heterocycles. The number of esters is 1. The summed E-state index contributed by atoms with van der Waals surface area (Å²) in [5.41, 5.74) is 3.48. The van der Waals surface area contributed by atoms with Crippen LogP contribution in [-0.2, 0) is 19.8 Å². The van der Waals surface area contributed by atoms with Crippen LogP contribution in [0.2, 0.25) is 0 Å². The van der Waals surface area contributed by atoms with E-state index in [1.165, 1.54) is 62.8 Å². The van der Waals surface area contributed by atoms with Crippen LogP contribution >= 0.6 is 0 Å². The van der Waals surface area contributed by atoms with Crippen LogP contribution in [0.1, 0.15) is 98.5 Å². The van der Waals surface area contributed by atoms with Gasteiger partial charge in [-0.25, -0.2) is 4.79 Å². The molecule has 0 unspecified atom stereocenters. The number of nitrogens with zero attached hydrogens (tertiary/aromatic N) is 1. The van der Waals surface area contributed by atoms with Gasteiger partial charge in [0.25, 0.3) is 5.69 Å². The minimum absolute atomic E-state index is 0.0740. The molecule has 1 aliphatic heterocycles. The molecule has 3 aliphatic carbocycles. The molecule has 47 heavy (non-hydrogen) atoms. The van der Waals surface area contributed by atoms with Crippen LogP contribution in [0.4, 0.5) is 5.69 Å². The van der Waals surface area contributed by atoms with E-state index in [0.717, 1.165) is 54.4 Å². The Morgan fingerprint density at radius 1 is 0.766 bits per heavy atom. The minimum Gasteiger partial charge on any atom is -0.423 e. The second-order valence-corrected chi connectivity index (χ2v) is 13.5. The molecule has 0 radical (unpaired) electrons. The lowest BCUT2D eigenvalue weighted by Crippen LogP contribution is -2.44. The number of allylic oxidation sites excluding steroid dienone is 2. The summed E-state index contributed by atoms with van der Waals surface area (Å²) >= 11 is 0. The second kappa shape index (κ2) is 14.0. The average Bonchev–Trinajstić information content (AvgIpc) is 3.55. The molecule has 1 saturated heterocycles. The largest absolute Gasteiger partial charge is 0.423 e. The van der Waals surface area contributed by atoms with E-state index < -0.39 is 16.5 Å². The first-order valence-corrected chi connectivity index (χ1v) is 17.4. The number of hydrogen-bond donors (Lipinski definition) is 0. The van der Waals surface area contributed by atoms with Crippen LogP contribution in [-0.4, -0.2) is 23.3 Å². The maximum absolute atomic E-state index is 13.6. The van der Waals surface area contributed by atoms with Crippen molar-refractivity contribution in [1.29, 1.82) is 0 Å². The SMILES string of the molecule is O=C(OC1=C(c2ccccc2)CCC([C@@]2(c3ccccc3)O[C@@H](C3CCCCC3)O[C@H]2C2CCCCC2)=C1)c1ccc([N+](=O)[O-])cc1. The molecular weight excluding hydrogens is 590 g/mol. The molecule has 0 N–H and O–H groups in total. The highest BCUT2D eigenvalue weighted by atomic mass is 16.7. The topological polar surface area (TPSA) is 87.9 Å². The van der Waals surface area contributed by atoms with Crippen LogP contribution in [0.3, 0.4) is 0 Å². The third kappa shape index (κ3) is 6.43. The predicted molar refractivity (Wildman–Crippen MR) is 180 cm³/mol. The zero-order valence-corrected chi connectivity index (χ0v) is 26.9. The van der Waals surface area contributed by atoms with Gasteiger partial charge in [-0.15, -0.1) is 0 Å². The Kier molecular flexibility index (Phi) is 9.37. The summed E-state index contributed by atoms with van der Waals surface area (Å²) in [5, 5.41) is 11.2. The number of ether oxygens (including phenoxy) is 3. The maximum atomic E-state index is 13.6. The molecule has 0 amide bonds. The summed E-state index contributed by atoms with van der Waals surface area (Å²) in [5.74, 6) is 0.661. The maximum Gasteiger partial charge on any atom is 0.343 e. The van der Waals surface area contributed by atoms with E-state index in [0.29, 0.717) is 24.0 Å². The molecule has 3 fully saturated rings. The number of non-ortho nitro benzene ring substituents is 1. The Hall–Kier alpha value is -4.07. The van der Waals surface area contributed by atoms with Crippen molar-refractivity contribution in [2.45, 2.75) is 95.0 Å². The van der Waals surface area contributed by atoms with Gasteiger partial charge in [0.1, 0.15) is 17.5 Å². The van der Waals surface area contributed by atoms with E-state index in [1.807, 2.05) is 42.5 Å². The molecule has 7 nitrogen and oxygen atoms in total. The number of benzene rings is 3. The third-order valence-electron chi connectivity index (χ3n) is 10.7. The van der Waals surface area contributed by atoms with Gasteiger partial charge in [-0.2, -0.15) is 0 Å². The van der Waals surface area contributed by atoms with Crippen molar-refractivity contribution < 1.29 is 23.9 Å². The fraction of sp³-hybridized carbons (Fsp3) is 0.425. The minimum atomic E-state index is -0.807. The summed E-state index contributed by atoms with van der Waals surface area (Å²) in [7, 11) is 0. The van der Waals surface area contributed by atoms with E-state index in [4.69, 9.17) is 14.2 Å². The van der Waals surface area contributed by atoms with E-state index >= 15 is 0 Å². The van der Waals surface area contributed by atoms with Crippen molar-refractivity contribution >= 4 is 17.2 Å². The molecule has 7 heteroatoms. The monoisotopic (exact) mass is 633 g/mol. The Labute approximate surface area is 276 Å². The first kappa shape index (κ1) is 31.5. The Balaban J connectivity index is 1.33. The smallest absolute Gasteiger partial charge is 0.343 e. The number of carbonyl (C=O) groups is 1. The molecule has 3 atom stereocenters. The molecule has 0 bridgehead atoms. The number of carbonyl (C=O) groups excluding carboxylic acids is 1. The van der Waals surface area contributed by atoms with E-state index in [-0.39, 0.29) is 23.6 Å². The fourth-order valence-electron chi connectivity index (χ4n) is 8.26. The van der Waals surface area contributed by atoms with Crippen molar-refractivity contribution in [2.75, 3.05) is 0 Å². The van der Waals surface area contributed by atoms with Crippen molar-refractivity contribution in [3.63, 3.8) is 0 Å². The summed E-state index contributed by atoms with van der Waals surface area (Å²) in [6, 6.07) is 26.1. The zero-order chi connectivity index (χ0) is 32.2. The van der Waals surface area contributed by atoms with Crippen LogP contribution in [0.15, 0.2) is 102 Å². The highest BCUT2D eigenvalue weighted by Crippen LogP contribution is 2.55. The van der Waals surface area contributed by atoms with Gasteiger partial charge in [-0.3, -0.25) is 10.1 Å². The van der Waals surface area contributed by atoms with Gasteiger partial charge in [0.05, 0.1) is 10.5 Å². The molecule has 244 valence electrons. The molecule has 2 saturated carbocycles. The first-order chi connectivity index (χ1) is 23.0. The standard InChI is InChI=1S/C40H43NO6/c42-38(30-21-24-34(25-22-30)41(43)44)45-36-27-33(23-26-35(36)28-13-5-1-6-14-28)40(32-19-11-4-12-20-32)37(29-15-7-2-8-16-29)46-39(47-40)31-17-9-3-10-18-31/h1,4-6,11-14,19-22,24-25,27,29,31,37,39H,2-3,7-10,15-18,23,26H2/t37-,39-,40+/m0/s1. The zero-order valence-electron chi connectivity index (χ0n) is 26.9. The lowest BCUT2D eigenvalue weighted by Gasteiger charge is -2.41. The Morgan fingerprint density at radius 3 is 2.02 bits per heavy atom. The lowest BCUT2D eigenvalue weighted by atomic mass is 9.70. The van der Waals surface area contributed by atoms with Crippen LogP contribution < -0.4 is 0 Å². The van der Waals surface area contributed by atoms with Gasteiger partial charge in [0.15, 0.2) is 6.29 Å². The molecule has 7 rings (SSSR count). The van der Waals surface area contributed by atoms with E-state index in [9.17, 15) is 14.9 Å². The highest BCUT2D eigenvalue weighted by Gasteiger charge is 2.57. The number of rotatable bonds is 8. The normalized spacial score (nSPS) is 25.7. The van der Waals surface area contributed by atoms with Crippen molar-refractivity contribution in [2.24, 2.45) is 11.8 Å². The highest BCUT2D eigenvalue weighted by molar-refractivity contribution is 5.91. The Bertz CT molecular complexity index is 1620. The molecule has 3 aromatic rings. The van der Waals surface area contributed by atoms with Crippen LogP contribution in [0, 0.1) is 22.0 Å². The Morgan fingerprint density at radius 2 is 1.38 bits per heavy atom. The first-order valence-electron chi connectivity index (χ1n) is 17.4. The van der Waals surface area contributed by atoms with E-state index in [2.05, 4.69) is 24.3 Å². The van der Waals surface area contributed by atoms with Gasteiger partial charge in [-0.05, 0) is 79.4 Å². The fourth-order valence-corrected chi connectivity index (χ4v) is 8.26. The number of nitro benzene ring substituents is 1. The van der Waals surface area contributed by atoms with Gasteiger partial charge >= 0.3 is 5.97 Å². The number of nitro groups is 1. The second-order valence-electron chi connectivity index (χ2n) is 13.5. The van der Waals surface area contributed by atoms with Gasteiger partial charge in [0.2, 0.25) is 0 Å². The number of hydrogen-bond acceptors (Lipinski definition) is 6. The van der Waals surface area contributed by atoms with Crippen molar-refractivity contribution in [1.82, 2.24) is 0 Å². The van der Waals surface area contributed by atoms with Crippen molar-refractivity contribution in [3.05, 3.63) is 129 Å².